The van der Waals surface area contributed by atoms with Crippen molar-refractivity contribution in [1.82, 2.24) is 0 Å². The molecular weight excluding hydrogens is 261 g/mol. The number of nitrogens with zero attached hydrogens (tertiary/aromatic N) is 1. The predicted molar refractivity (Wildman–Crippen MR) is 65.5 cm³/mol. The Morgan fingerprint density at radius 1 is 1.50 bits per heavy atom. The smallest absolute Gasteiger partial charge is 0.0467 e. The molecular formula is C11H13BrClN. The minimum Gasteiger partial charge on any atom is -0.371 e. The fourth-order valence-corrected chi connectivity index (χ4v) is 2.66. The van der Waals surface area contributed by atoms with Crippen LogP contribution in [0.5, 0.6) is 0 Å². The second kappa shape index (κ2) is 4.11. The highest BCUT2D eigenvalue weighted by molar-refractivity contribution is 9.08. The van der Waals surface area contributed by atoms with Crippen molar-refractivity contribution in [2.45, 2.75) is 24.2 Å². The van der Waals surface area contributed by atoms with Crippen molar-refractivity contribution in [2.24, 2.45) is 0 Å². The Kier molecular flexibility index (Phi) is 3.03. The summed E-state index contributed by atoms with van der Waals surface area (Å²) in [6.45, 7) is 0. The van der Waals surface area contributed by atoms with Gasteiger partial charge in [0.15, 0.2) is 0 Å². The molecule has 1 aromatic rings. The third-order valence-corrected chi connectivity index (χ3v) is 3.62. The van der Waals surface area contributed by atoms with Gasteiger partial charge in [-0.05, 0) is 25.0 Å². The molecule has 1 aliphatic rings. The van der Waals surface area contributed by atoms with E-state index in [0.717, 1.165) is 16.4 Å². The van der Waals surface area contributed by atoms with Crippen molar-refractivity contribution < 1.29 is 0 Å². The van der Waals surface area contributed by atoms with E-state index in [9.17, 15) is 0 Å². The molecule has 0 atom stereocenters. The van der Waals surface area contributed by atoms with Gasteiger partial charge < -0.3 is 4.90 Å². The molecule has 1 aliphatic carbocycles. The van der Waals surface area contributed by atoms with Crippen molar-refractivity contribution in [2.75, 3.05) is 11.9 Å². The second-order valence-corrected chi connectivity index (χ2v) is 4.68. The van der Waals surface area contributed by atoms with Crippen LogP contribution >= 0.6 is 27.5 Å². The van der Waals surface area contributed by atoms with E-state index in [2.05, 4.69) is 33.9 Å². The highest BCUT2D eigenvalue weighted by atomic mass is 79.9. The first kappa shape index (κ1) is 10.3. The first-order valence-electron chi connectivity index (χ1n) is 4.80. The lowest BCUT2D eigenvalue weighted by atomic mass is 10.2. The summed E-state index contributed by atoms with van der Waals surface area (Å²) in [5.41, 5.74) is 2.46. The molecule has 1 aromatic carbocycles. The maximum atomic E-state index is 6.14. The molecule has 2 rings (SSSR count). The lowest BCUT2D eigenvalue weighted by Gasteiger charge is -2.22. The quantitative estimate of drug-likeness (QED) is 0.757. The van der Waals surface area contributed by atoms with Gasteiger partial charge in [0.2, 0.25) is 0 Å². The Bertz CT molecular complexity index is 336. The zero-order chi connectivity index (χ0) is 10.1. The van der Waals surface area contributed by atoms with Gasteiger partial charge in [-0.2, -0.15) is 0 Å². The molecule has 3 heteroatoms. The first-order valence-corrected chi connectivity index (χ1v) is 6.30. The Morgan fingerprint density at radius 3 is 2.79 bits per heavy atom. The Labute approximate surface area is 98.2 Å². The second-order valence-electron chi connectivity index (χ2n) is 3.71. The summed E-state index contributed by atoms with van der Waals surface area (Å²) in [6.07, 6.45) is 2.62. The zero-order valence-electron chi connectivity index (χ0n) is 8.13. The van der Waals surface area contributed by atoms with Gasteiger partial charge >= 0.3 is 0 Å². The molecule has 0 N–H and O–H groups in total. The van der Waals surface area contributed by atoms with Gasteiger partial charge in [-0.15, -0.1) is 0 Å². The van der Waals surface area contributed by atoms with Crippen molar-refractivity contribution in [1.29, 1.82) is 0 Å². The Balaban J connectivity index is 2.35. The van der Waals surface area contributed by atoms with E-state index in [1.54, 1.807) is 0 Å². The van der Waals surface area contributed by atoms with Gasteiger partial charge in [0.25, 0.3) is 0 Å². The molecule has 0 aromatic heterocycles. The van der Waals surface area contributed by atoms with Crippen LogP contribution in [0.25, 0.3) is 0 Å². The van der Waals surface area contributed by atoms with E-state index in [4.69, 9.17) is 11.6 Å². The SMILES string of the molecule is CN(c1cccc(Cl)c1CBr)C1CC1. The highest BCUT2D eigenvalue weighted by Gasteiger charge is 2.27. The molecule has 0 aliphatic heterocycles. The zero-order valence-corrected chi connectivity index (χ0v) is 10.5. The van der Waals surface area contributed by atoms with Gasteiger partial charge in [-0.25, -0.2) is 0 Å². The third kappa shape index (κ3) is 1.91. The molecule has 76 valence electrons. The minimum atomic E-state index is 0.728. The molecule has 0 radical (unpaired) electrons. The number of alkyl halides is 1. The molecule has 0 bridgehead atoms. The van der Waals surface area contributed by atoms with Crippen molar-refractivity contribution >= 4 is 33.2 Å². The highest BCUT2D eigenvalue weighted by Crippen LogP contribution is 2.35. The summed E-state index contributed by atoms with van der Waals surface area (Å²) in [7, 11) is 2.15. The van der Waals surface area contributed by atoms with Crippen LogP contribution in [0, 0.1) is 0 Å². The van der Waals surface area contributed by atoms with Crippen LogP contribution in [0.1, 0.15) is 18.4 Å². The first-order chi connectivity index (χ1) is 6.74. The average Bonchev–Trinajstić information content (AvgIpc) is 2.99. The number of rotatable bonds is 3. The predicted octanol–water partition coefficient (Wildman–Crippen LogP) is 3.83. The van der Waals surface area contributed by atoms with Crippen LogP contribution < -0.4 is 4.90 Å². The monoisotopic (exact) mass is 273 g/mol. The molecule has 14 heavy (non-hydrogen) atoms. The van der Waals surface area contributed by atoms with Crippen LogP contribution in [0.3, 0.4) is 0 Å². The van der Waals surface area contributed by atoms with Gasteiger partial charge in [0.1, 0.15) is 0 Å². The molecule has 0 unspecified atom stereocenters. The van der Waals surface area contributed by atoms with Crippen LogP contribution in [0.4, 0.5) is 5.69 Å². The number of hydrogen-bond acceptors (Lipinski definition) is 1. The summed E-state index contributed by atoms with van der Waals surface area (Å²) in [5.74, 6) is 0. The molecule has 0 saturated heterocycles. The van der Waals surface area contributed by atoms with Crippen LogP contribution in [0.15, 0.2) is 18.2 Å². The van der Waals surface area contributed by atoms with E-state index < -0.39 is 0 Å². The van der Waals surface area contributed by atoms with Crippen LogP contribution in [-0.4, -0.2) is 13.1 Å². The van der Waals surface area contributed by atoms with Crippen molar-refractivity contribution in [3.63, 3.8) is 0 Å². The van der Waals surface area contributed by atoms with E-state index in [1.807, 2.05) is 12.1 Å². The molecule has 1 saturated carbocycles. The van der Waals surface area contributed by atoms with Gasteiger partial charge in [-0.1, -0.05) is 33.6 Å². The van der Waals surface area contributed by atoms with E-state index in [1.165, 1.54) is 24.1 Å². The summed E-state index contributed by atoms with van der Waals surface area (Å²) in [5, 5.41) is 1.67. The fourth-order valence-electron chi connectivity index (χ4n) is 1.67. The lowest BCUT2D eigenvalue weighted by Crippen LogP contribution is -2.20. The number of benzene rings is 1. The van der Waals surface area contributed by atoms with Gasteiger partial charge in [-0.3, -0.25) is 0 Å². The Hall–Kier alpha value is -0.210. The van der Waals surface area contributed by atoms with Crippen LogP contribution in [0.2, 0.25) is 5.02 Å². The minimum absolute atomic E-state index is 0.728. The third-order valence-electron chi connectivity index (χ3n) is 2.70. The molecule has 0 amide bonds. The van der Waals surface area contributed by atoms with Gasteiger partial charge in [0.05, 0.1) is 0 Å². The lowest BCUT2D eigenvalue weighted by molar-refractivity contribution is 0.911. The van der Waals surface area contributed by atoms with Crippen molar-refractivity contribution in [3.05, 3.63) is 28.8 Å². The topological polar surface area (TPSA) is 3.24 Å². The van der Waals surface area contributed by atoms with E-state index >= 15 is 0 Å². The molecule has 1 fully saturated rings. The standard InChI is InChI=1S/C11H13BrClN/c1-14(8-5-6-8)11-4-2-3-10(13)9(11)7-12/h2-4,8H,5-7H2,1H3. The Morgan fingerprint density at radius 2 is 2.21 bits per heavy atom. The summed E-state index contributed by atoms with van der Waals surface area (Å²) < 4.78 is 0. The average molecular weight is 275 g/mol. The van der Waals surface area contributed by atoms with Crippen molar-refractivity contribution in [3.8, 4) is 0 Å². The molecule has 1 nitrogen and oxygen atoms in total. The molecule has 0 heterocycles. The number of anilines is 1. The van der Waals surface area contributed by atoms with E-state index in [-0.39, 0.29) is 0 Å². The summed E-state index contributed by atoms with van der Waals surface area (Å²) in [6, 6.07) is 6.83. The largest absolute Gasteiger partial charge is 0.371 e. The van der Waals surface area contributed by atoms with E-state index in [0.29, 0.717) is 0 Å². The van der Waals surface area contributed by atoms with Crippen LogP contribution in [-0.2, 0) is 5.33 Å². The maximum absolute atomic E-state index is 6.14. The normalized spacial score (nSPS) is 15.6. The fraction of sp³-hybridized carbons (Fsp3) is 0.455. The maximum Gasteiger partial charge on any atom is 0.0467 e. The summed E-state index contributed by atoms with van der Waals surface area (Å²) in [4.78, 5) is 2.34. The number of halogens is 2. The number of hydrogen-bond donors (Lipinski definition) is 0. The molecule has 0 spiro atoms. The van der Waals surface area contributed by atoms with Gasteiger partial charge in [0, 0.05) is 34.7 Å². The summed E-state index contributed by atoms with van der Waals surface area (Å²) >= 11 is 9.63.